The zero-order chi connectivity index (χ0) is 21.8. The summed E-state index contributed by atoms with van der Waals surface area (Å²) in [4.78, 5) is 22.9. The van der Waals surface area contributed by atoms with E-state index in [0.717, 1.165) is 5.56 Å². The Kier molecular flexibility index (Phi) is 5.87. The van der Waals surface area contributed by atoms with Crippen molar-refractivity contribution >= 4 is 5.91 Å². The fourth-order valence-corrected chi connectivity index (χ4v) is 3.42. The van der Waals surface area contributed by atoms with E-state index in [9.17, 15) is 4.79 Å². The van der Waals surface area contributed by atoms with Crippen molar-refractivity contribution in [2.75, 3.05) is 34.4 Å². The molecule has 3 aromatic rings. The molecule has 0 aliphatic carbocycles. The average Bonchev–Trinajstić information content (AvgIpc) is 3.48. The van der Waals surface area contributed by atoms with E-state index < -0.39 is 0 Å². The monoisotopic (exact) mass is 425 g/mol. The van der Waals surface area contributed by atoms with E-state index in [1.807, 2.05) is 6.07 Å². The highest BCUT2D eigenvalue weighted by atomic mass is 16.5. The number of rotatable bonds is 7. The first-order valence-corrected chi connectivity index (χ1v) is 9.71. The van der Waals surface area contributed by atoms with Crippen LogP contribution in [0.4, 0.5) is 0 Å². The molecule has 1 aliphatic rings. The highest BCUT2D eigenvalue weighted by Gasteiger charge is 2.30. The molecule has 10 heteroatoms. The zero-order valence-corrected chi connectivity index (χ0v) is 17.5. The SMILES string of the molecule is COc1ccc(OC)c(-c2cc(C(=O)N3CCC(Oc4cncc(OC)n4)C3)[nH]n2)c1. The summed E-state index contributed by atoms with van der Waals surface area (Å²) in [7, 11) is 4.69. The number of methoxy groups -OCH3 is 3. The molecule has 1 fully saturated rings. The Balaban J connectivity index is 1.45. The first-order chi connectivity index (χ1) is 15.1. The van der Waals surface area contributed by atoms with Crippen LogP contribution in [-0.4, -0.2) is 71.5 Å². The van der Waals surface area contributed by atoms with Crippen LogP contribution in [-0.2, 0) is 0 Å². The van der Waals surface area contributed by atoms with Gasteiger partial charge in [0.1, 0.15) is 23.3 Å². The Morgan fingerprint density at radius 1 is 1.10 bits per heavy atom. The van der Waals surface area contributed by atoms with Crippen LogP contribution in [0.1, 0.15) is 16.9 Å². The summed E-state index contributed by atoms with van der Waals surface area (Å²) >= 11 is 0. The van der Waals surface area contributed by atoms with Crippen molar-refractivity contribution in [3.05, 3.63) is 42.4 Å². The second kappa shape index (κ2) is 8.90. The maximum atomic E-state index is 13.0. The van der Waals surface area contributed by atoms with E-state index in [4.69, 9.17) is 18.9 Å². The number of hydrogen-bond acceptors (Lipinski definition) is 8. The van der Waals surface area contributed by atoms with Gasteiger partial charge in [-0.2, -0.15) is 10.1 Å². The third kappa shape index (κ3) is 4.37. The van der Waals surface area contributed by atoms with Crippen molar-refractivity contribution in [3.63, 3.8) is 0 Å². The number of aromatic nitrogens is 4. The number of amides is 1. The normalized spacial score (nSPS) is 15.6. The molecule has 31 heavy (non-hydrogen) atoms. The van der Waals surface area contributed by atoms with Crippen LogP contribution in [0.2, 0.25) is 0 Å². The molecule has 0 radical (unpaired) electrons. The summed E-state index contributed by atoms with van der Waals surface area (Å²) < 4.78 is 21.6. The summed E-state index contributed by atoms with van der Waals surface area (Å²) in [5.41, 5.74) is 1.72. The van der Waals surface area contributed by atoms with Gasteiger partial charge >= 0.3 is 0 Å². The van der Waals surface area contributed by atoms with Crippen LogP contribution in [0, 0.1) is 0 Å². The number of carbonyl (C=O) groups is 1. The lowest BCUT2D eigenvalue weighted by atomic mass is 10.1. The molecule has 0 saturated carbocycles. The third-order valence-corrected chi connectivity index (χ3v) is 5.01. The molecule has 1 amide bonds. The van der Waals surface area contributed by atoms with Gasteiger partial charge in [-0.15, -0.1) is 0 Å². The lowest BCUT2D eigenvalue weighted by Gasteiger charge is -2.16. The van der Waals surface area contributed by atoms with E-state index in [2.05, 4.69) is 20.2 Å². The maximum Gasteiger partial charge on any atom is 0.272 e. The van der Waals surface area contributed by atoms with Gasteiger partial charge < -0.3 is 23.8 Å². The van der Waals surface area contributed by atoms with Gasteiger partial charge in [0, 0.05) is 18.5 Å². The molecule has 0 spiro atoms. The maximum absolute atomic E-state index is 13.0. The van der Waals surface area contributed by atoms with Crippen LogP contribution < -0.4 is 18.9 Å². The highest BCUT2D eigenvalue weighted by molar-refractivity contribution is 5.93. The van der Waals surface area contributed by atoms with Crippen LogP contribution in [0.3, 0.4) is 0 Å². The molecule has 10 nitrogen and oxygen atoms in total. The third-order valence-electron chi connectivity index (χ3n) is 5.01. The van der Waals surface area contributed by atoms with Gasteiger partial charge in [-0.3, -0.25) is 14.9 Å². The predicted octanol–water partition coefficient (Wildman–Crippen LogP) is 2.19. The summed E-state index contributed by atoms with van der Waals surface area (Å²) in [6.07, 6.45) is 3.54. The van der Waals surface area contributed by atoms with E-state index in [1.54, 1.807) is 37.3 Å². The lowest BCUT2D eigenvalue weighted by molar-refractivity contribution is 0.0765. The van der Waals surface area contributed by atoms with Gasteiger partial charge in [0.2, 0.25) is 11.8 Å². The van der Waals surface area contributed by atoms with E-state index in [0.29, 0.717) is 54.2 Å². The average molecular weight is 425 g/mol. The summed E-state index contributed by atoms with van der Waals surface area (Å²) in [6.45, 7) is 1.01. The number of nitrogens with zero attached hydrogens (tertiary/aromatic N) is 4. The number of nitrogens with one attached hydrogen (secondary N) is 1. The molecular weight excluding hydrogens is 402 g/mol. The van der Waals surface area contributed by atoms with Crippen LogP contribution >= 0.6 is 0 Å². The second-order valence-electron chi connectivity index (χ2n) is 6.91. The number of ether oxygens (including phenoxy) is 4. The minimum atomic E-state index is -0.175. The van der Waals surface area contributed by atoms with Crippen molar-refractivity contribution in [2.45, 2.75) is 12.5 Å². The second-order valence-corrected chi connectivity index (χ2v) is 6.91. The molecule has 1 N–H and O–H groups in total. The standard InChI is InChI=1S/C21H23N5O5/c1-28-13-4-5-18(29-2)15(8-13)16-9-17(25-24-16)21(27)26-7-6-14(12-26)31-20-11-22-10-19(23-20)30-3/h4-5,8-11,14H,6-7,12H2,1-3H3,(H,24,25). The molecular formula is C21H23N5O5. The first-order valence-electron chi connectivity index (χ1n) is 9.71. The number of hydrogen-bond donors (Lipinski definition) is 1. The fourth-order valence-electron chi connectivity index (χ4n) is 3.42. The Bertz CT molecular complexity index is 1070. The van der Waals surface area contributed by atoms with Crippen molar-refractivity contribution in [1.82, 2.24) is 25.1 Å². The summed E-state index contributed by atoms with van der Waals surface area (Å²) in [6, 6.07) is 7.13. The minimum Gasteiger partial charge on any atom is -0.497 e. The Hall–Kier alpha value is -3.82. The van der Waals surface area contributed by atoms with Gasteiger partial charge in [-0.1, -0.05) is 0 Å². The highest BCUT2D eigenvalue weighted by Crippen LogP contribution is 2.32. The van der Waals surface area contributed by atoms with E-state index >= 15 is 0 Å². The lowest BCUT2D eigenvalue weighted by Crippen LogP contribution is -2.31. The van der Waals surface area contributed by atoms with Crippen LogP contribution in [0.25, 0.3) is 11.3 Å². The number of H-pyrrole nitrogens is 1. The number of carbonyl (C=O) groups excluding carboxylic acids is 1. The van der Waals surface area contributed by atoms with Gasteiger partial charge in [-0.25, -0.2) is 0 Å². The molecule has 1 aromatic carbocycles. The predicted molar refractivity (Wildman–Crippen MR) is 111 cm³/mol. The molecule has 2 aromatic heterocycles. The van der Waals surface area contributed by atoms with E-state index in [1.165, 1.54) is 19.5 Å². The smallest absolute Gasteiger partial charge is 0.272 e. The summed E-state index contributed by atoms with van der Waals surface area (Å²) in [5, 5.41) is 7.13. The van der Waals surface area contributed by atoms with Gasteiger partial charge in [0.05, 0.1) is 46.0 Å². The zero-order valence-electron chi connectivity index (χ0n) is 17.5. The van der Waals surface area contributed by atoms with Crippen molar-refractivity contribution in [2.24, 2.45) is 0 Å². The van der Waals surface area contributed by atoms with Gasteiger partial charge in [-0.05, 0) is 24.3 Å². The molecule has 1 aliphatic heterocycles. The van der Waals surface area contributed by atoms with Gasteiger partial charge in [0.15, 0.2) is 0 Å². The Morgan fingerprint density at radius 3 is 2.71 bits per heavy atom. The number of aromatic amines is 1. The molecule has 1 saturated heterocycles. The molecule has 3 heterocycles. The first kappa shape index (κ1) is 20.5. The Labute approximate surface area is 179 Å². The quantitative estimate of drug-likeness (QED) is 0.613. The van der Waals surface area contributed by atoms with Crippen LogP contribution in [0.5, 0.6) is 23.3 Å². The molecule has 0 bridgehead atoms. The van der Waals surface area contributed by atoms with Crippen molar-refractivity contribution < 1.29 is 23.7 Å². The van der Waals surface area contributed by atoms with Gasteiger partial charge in [0.25, 0.3) is 5.91 Å². The largest absolute Gasteiger partial charge is 0.497 e. The molecule has 1 unspecified atom stereocenters. The minimum absolute atomic E-state index is 0.150. The van der Waals surface area contributed by atoms with Crippen molar-refractivity contribution in [1.29, 1.82) is 0 Å². The summed E-state index contributed by atoms with van der Waals surface area (Å²) in [5.74, 6) is 1.91. The number of likely N-dealkylation sites (tertiary alicyclic amines) is 1. The molecule has 162 valence electrons. The fraction of sp³-hybridized carbons (Fsp3) is 0.333. The van der Waals surface area contributed by atoms with Crippen LogP contribution in [0.15, 0.2) is 36.7 Å². The van der Waals surface area contributed by atoms with E-state index in [-0.39, 0.29) is 12.0 Å². The molecule has 4 rings (SSSR count). The molecule has 1 atom stereocenters. The van der Waals surface area contributed by atoms with Crippen molar-refractivity contribution in [3.8, 4) is 34.5 Å². The number of benzene rings is 1. The Morgan fingerprint density at radius 2 is 1.94 bits per heavy atom. The topological polar surface area (TPSA) is 112 Å².